The standard InChI is InChI=1S/C35H37F2N5O8/c1-35(2,3)50-34(47)42-24(17-21-9-7-12-28(30(21)42)49-20-22-14-15-23(36)18-25(22)37)19-41-16-8-11-27(32(41)45)39-31(44)26(40-33(46)48-4)10-5-6-13-29(38)43/h6-9,11-18,26H,5,10,19-20H2,1-4H3,(H2,38,43)(H,39,44)(H,40,46)/b13-6+/t26-/m0/s1. The van der Waals surface area contributed by atoms with Crippen molar-refractivity contribution < 1.29 is 42.2 Å². The fourth-order valence-electron chi connectivity index (χ4n) is 4.91. The van der Waals surface area contributed by atoms with E-state index in [-0.39, 0.29) is 43.0 Å². The molecule has 0 unspecified atom stereocenters. The van der Waals surface area contributed by atoms with Crippen LogP contribution in [0, 0.1) is 11.6 Å². The summed E-state index contributed by atoms with van der Waals surface area (Å²) in [6.45, 7) is 4.65. The molecule has 15 heteroatoms. The number of carbonyl (C=O) groups excluding carboxylic acids is 4. The number of nitrogens with two attached hydrogens (primary N) is 1. The van der Waals surface area contributed by atoms with Gasteiger partial charge in [0, 0.05) is 23.2 Å². The van der Waals surface area contributed by atoms with E-state index in [1.165, 1.54) is 39.6 Å². The van der Waals surface area contributed by atoms with Crippen molar-refractivity contribution in [3.8, 4) is 5.75 Å². The number of carbonyl (C=O) groups is 4. The van der Waals surface area contributed by atoms with Crippen molar-refractivity contribution in [3.05, 3.63) is 106 Å². The van der Waals surface area contributed by atoms with Gasteiger partial charge in [0.2, 0.25) is 11.8 Å². The highest BCUT2D eigenvalue weighted by molar-refractivity contribution is 5.97. The lowest BCUT2D eigenvalue weighted by Gasteiger charge is -2.22. The van der Waals surface area contributed by atoms with Gasteiger partial charge in [-0.2, -0.15) is 0 Å². The molecule has 0 bridgehead atoms. The summed E-state index contributed by atoms with van der Waals surface area (Å²) < 4.78 is 46.6. The molecule has 13 nitrogen and oxygen atoms in total. The van der Waals surface area contributed by atoms with Crippen LogP contribution in [0.1, 0.15) is 44.9 Å². The number of halogens is 2. The number of alkyl carbamates (subject to hydrolysis) is 1. The molecule has 4 aromatic rings. The van der Waals surface area contributed by atoms with Crippen LogP contribution in [0.15, 0.2) is 77.7 Å². The molecule has 1 atom stereocenters. The maximum Gasteiger partial charge on any atom is 0.419 e. The molecule has 0 saturated carbocycles. The van der Waals surface area contributed by atoms with Gasteiger partial charge in [0.05, 0.1) is 19.3 Å². The Bertz CT molecular complexity index is 2000. The van der Waals surface area contributed by atoms with E-state index in [1.807, 2.05) is 0 Å². The summed E-state index contributed by atoms with van der Waals surface area (Å²) in [6.07, 6.45) is 2.63. The number of nitrogens with zero attached hydrogens (tertiary/aromatic N) is 2. The second-order valence-electron chi connectivity index (χ2n) is 12.1. The summed E-state index contributed by atoms with van der Waals surface area (Å²) in [4.78, 5) is 63.4. The lowest BCUT2D eigenvalue weighted by Crippen LogP contribution is -2.44. The number of benzene rings is 2. The third-order valence-corrected chi connectivity index (χ3v) is 7.15. The fraction of sp³-hybridized carbons (Fsp3) is 0.286. The quantitative estimate of drug-likeness (QED) is 0.174. The van der Waals surface area contributed by atoms with Crippen molar-refractivity contribution in [1.82, 2.24) is 14.5 Å². The van der Waals surface area contributed by atoms with Crippen LogP contribution >= 0.6 is 0 Å². The van der Waals surface area contributed by atoms with Crippen molar-refractivity contribution in [2.75, 3.05) is 12.4 Å². The number of hydrogen-bond acceptors (Lipinski definition) is 8. The average Bonchev–Trinajstić information content (AvgIpc) is 3.41. The molecular formula is C35H37F2N5O8. The van der Waals surface area contributed by atoms with Crippen molar-refractivity contribution in [3.63, 3.8) is 0 Å². The summed E-state index contributed by atoms with van der Waals surface area (Å²) >= 11 is 0. The van der Waals surface area contributed by atoms with Crippen LogP contribution in [0.5, 0.6) is 5.75 Å². The van der Waals surface area contributed by atoms with Crippen molar-refractivity contribution >= 4 is 40.6 Å². The van der Waals surface area contributed by atoms with Gasteiger partial charge in [0.25, 0.3) is 5.56 Å². The maximum absolute atomic E-state index is 14.4. The molecule has 4 N–H and O–H groups in total. The molecule has 2 heterocycles. The Hall–Kier alpha value is -5.99. The number of rotatable bonds is 12. The zero-order valence-corrected chi connectivity index (χ0v) is 27.8. The molecule has 3 amide bonds. The molecule has 50 heavy (non-hydrogen) atoms. The maximum atomic E-state index is 14.4. The van der Waals surface area contributed by atoms with Gasteiger partial charge in [-0.15, -0.1) is 0 Å². The van der Waals surface area contributed by atoms with E-state index in [1.54, 1.807) is 45.0 Å². The number of anilines is 1. The van der Waals surface area contributed by atoms with Gasteiger partial charge in [-0.1, -0.05) is 18.2 Å². The van der Waals surface area contributed by atoms with E-state index in [0.717, 1.165) is 25.3 Å². The predicted molar refractivity (Wildman–Crippen MR) is 180 cm³/mol. The van der Waals surface area contributed by atoms with E-state index in [4.69, 9.17) is 15.2 Å². The first-order chi connectivity index (χ1) is 23.7. The number of primary amides is 1. The van der Waals surface area contributed by atoms with Crippen LogP contribution < -0.4 is 26.7 Å². The molecule has 0 fully saturated rings. The van der Waals surface area contributed by atoms with Gasteiger partial charge in [-0.05, 0) is 76.1 Å². The number of ether oxygens (including phenoxy) is 3. The van der Waals surface area contributed by atoms with Crippen LogP contribution in [-0.4, -0.2) is 51.9 Å². The number of hydrogen-bond donors (Lipinski definition) is 3. The number of amides is 3. The Balaban J connectivity index is 1.67. The third kappa shape index (κ3) is 9.55. The van der Waals surface area contributed by atoms with Crippen LogP contribution in [0.25, 0.3) is 10.9 Å². The zero-order chi connectivity index (χ0) is 36.6. The fourth-order valence-corrected chi connectivity index (χ4v) is 4.91. The molecule has 4 rings (SSSR count). The van der Waals surface area contributed by atoms with Gasteiger partial charge >= 0.3 is 12.2 Å². The summed E-state index contributed by atoms with van der Waals surface area (Å²) in [7, 11) is 1.13. The Labute approximate surface area is 285 Å². The molecule has 0 saturated heterocycles. The van der Waals surface area contributed by atoms with Gasteiger partial charge < -0.3 is 35.1 Å². The van der Waals surface area contributed by atoms with E-state index in [2.05, 4.69) is 15.4 Å². The van der Waals surface area contributed by atoms with E-state index in [9.17, 15) is 32.8 Å². The molecule has 264 valence electrons. The molecule has 0 spiro atoms. The predicted octanol–water partition coefficient (Wildman–Crippen LogP) is 4.98. The first-order valence-electron chi connectivity index (χ1n) is 15.4. The largest absolute Gasteiger partial charge is 0.487 e. The molecule has 0 aliphatic carbocycles. The minimum absolute atomic E-state index is 0.0555. The number of pyridine rings is 1. The lowest BCUT2D eigenvalue weighted by atomic mass is 10.1. The van der Waals surface area contributed by atoms with Gasteiger partial charge in [-0.25, -0.2) is 22.9 Å². The summed E-state index contributed by atoms with van der Waals surface area (Å²) in [6, 6.07) is 11.5. The molecular weight excluding hydrogens is 656 g/mol. The van der Waals surface area contributed by atoms with Crippen molar-refractivity contribution in [1.29, 1.82) is 0 Å². The Morgan fingerprint density at radius 3 is 2.48 bits per heavy atom. The molecule has 0 aliphatic rings. The topological polar surface area (TPSA) is 173 Å². The third-order valence-electron chi connectivity index (χ3n) is 7.15. The number of nitrogens with one attached hydrogen (secondary N) is 2. The summed E-state index contributed by atoms with van der Waals surface area (Å²) in [5.41, 5.74) is 4.15. The van der Waals surface area contributed by atoms with Gasteiger partial charge in [0.1, 0.15) is 46.8 Å². The molecule has 2 aromatic carbocycles. The van der Waals surface area contributed by atoms with Crippen LogP contribution in [0.3, 0.4) is 0 Å². The summed E-state index contributed by atoms with van der Waals surface area (Å²) in [5.74, 6) is -2.72. The van der Waals surface area contributed by atoms with Crippen LogP contribution in [0.4, 0.5) is 24.1 Å². The average molecular weight is 694 g/mol. The highest BCUT2D eigenvalue weighted by Crippen LogP contribution is 2.31. The van der Waals surface area contributed by atoms with Gasteiger partial charge in [-0.3, -0.25) is 14.4 Å². The van der Waals surface area contributed by atoms with E-state index < -0.39 is 52.8 Å². The zero-order valence-electron chi connectivity index (χ0n) is 27.8. The van der Waals surface area contributed by atoms with Crippen molar-refractivity contribution in [2.24, 2.45) is 5.73 Å². The Morgan fingerprint density at radius 2 is 1.80 bits per heavy atom. The normalized spacial score (nSPS) is 12.0. The number of allylic oxidation sites excluding steroid dienone is 1. The SMILES string of the molecule is COC(=O)N[C@@H](CC/C=C/C(N)=O)C(=O)Nc1cccn(Cc2cc3cccc(OCc4ccc(F)cc4F)c3n2C(=O)OC(C)(C)C)c1=O. The van der Waals surface area contributed by atoms with Crippen LogP contribution in [0.2, 0.25) is 0 Å². The molecule has 2 aromatic heterocycles. The first kappa shape index (κ1) is 36.8. The summed E-state index contributed by atoms with van der Waals surface area (Å²) in [5, 5.41) is 5.47. The van der Waals surface area contributed by atoms with Crippen molar-refractivity contribution in [2.45, 2.75) is 58.4 Å². The monoisotopic (exact) mass is 693 g/mol. The molecule has 0 aliphatic heterocycles. The number of aromatic nitrogens is 2. The second kappa shape index (κ2) is 15.9. The lowest BCUT2D eigenvalue weighted by molar-refractivity contribution is -0.118. The van der Waals surface area contributed by atoms with Gasteiger partial charge in [0.15, 0.2) is 0 Å². The van der Waals surface area contributed by atoms with Crippen LogP contribution in [-0.2, 0) is 32.2 Å². The molecule has 0 radical (unpaired) electrons. The highest BCUT2D eigenvalue weighted by atomic mass is 19.1. The minimum Gasteiger partial charge on any atom is -0.487 e. The number of fused-ring (bicyclic) bond motifs is 1. The Morgan fingerprint density at radius 1 is 1.04 bits per heavy atom. The minimum atomic E-state index is -1.13. The van der Waals surface area contributed by atoms with E-state index >= 15 is 0 Å². The highest BCUT2D eigenvalue weighted by Gasteiger charge is 2.26. The first-order valence-corrected chi connectivity index (χ1v) is 15.4. The second-order valence-corrected chi connectivity index (χ2v) is 12.1. The van der Waals surface area contributed by atoms with E-state index in [0.29, 0.717) is 16.6 Å². The smallest absolute Gasteiger partial charge is 0.419 e. The Kier molecular flexibility index (Phi) is 11.7. The number of methoxy groups -OCH3 is 1. The number of para-hydroxylation sites is 1.